The first-order valence-electron chi connectivity index (χ1n) is 6.52. The summed E-state index contributed by atoms with van der Waals surface area (Å²) in [5, 5.41) is 10.0. The minimum absolute atomic E-state index is 0.331. The van der Waals surface area contributed by atoms with Crippen LogP contribution in [0.2, 0.25) is 0 Å². The van der Waals surface area contributed by atoms with Gasteiger partial charge in [-0.25, -0.2) is 9.97 Å². The number of alkyl halides is 3. The van der Waals surface area contributed by atoms with Gasteiger partial charge in [-0.05, 0) is 33.2 Å². The first kappa shape index (κ1) is 15.2. The van der Waals surface area contributed by atoms with E-state index in [2.05, 4.69) is 9.97 Å². The molecule has 1 fully saturated rings. The maximum Gasteiger partial charge on any atom is 0.451 e. The van der Waals surface area contributed by atoms with Gasteiger partial charge in [-0.15, -0.1) is 0 Å². The van der Waals surface area contributed by atoms with Crippen molar-refractivity contribution in [3.8, 4) is 0 Å². The molecule has 1 saturated heterocycles. The van der Waals surface area contributed by atoms with Crippen LogP contribution in [0.3, 0.4) is 0 Å². The van der Waals surface area contributed by atoms with Crippen LogP contribution in [-0.2, 0) is 12.7 Å². The molecule has 0 spiro atoms. The van der Waals surface area contributed by atoms with E-state index in [1.807, 2.05) is 4.90 Å². The lowest BCUT2D eigenvalue weighted by atomic mass is 9.95. The van der Waals surface area contributed by atoms with Crippen LogP contribution < -0.4 is 0 Å². The summed E-state index contributed by atoms with van der Waals surface area (Å²) in [4.78, 5) is 8.92. The molecule has 1 aromatic heterocycles. The van der Waals surface area contributed by atoms with E-state index in [1.165, 1.54) is 6.20 Å². The maximum atomic E-state index is 12.5. The molecule has 1 aliphatic heterocycles. The summed E-state index contributed by atoms with van der Waals surface area (Å²) >= 11 is 0. The Bertz CT molecular complexity index is 488. The van der Waals surface area contributed by atoms with Crippen LogP contribution in [0.5, 0.6) is 0 Å². The highest BCUT2D eigenvalue weighted by atomic mass is 19.4. The van der Waals surface area contributed by atoms with Crippen molar-refractivity contribution in [2.75, 3.05) is 13.1 Å². The SMILES string of the molecule is Cc1nc(C(F)(F)F)ncc1CN1CCCC(C)(O)C1. The van der Waals surface area contributed by atoms with Crippen molar-refractivity contribution in [1.29, 1.82) is 0 Å². The Morgan fingerprint density at radius 3 is 2.70 bits per heavy atom. The molecule has 0 radical (unpaired) electrons. The lowest BCUT2D eigenvalue weighted by molar-refractivity contribution is -0.145. The normalized spacial score (nSPS) is 24.9. The number of likely N-dealkylation sites (tertiary alicyclic amines) is 1. The van der Waals surface area contributed by atoms with Crippen LogP contribution in [0.15, 0.2) is 6.20 Å². The van der Waals surface area contributed by atoms with Crippen molar-refractivity contribution >= 4 is 0 Å². The molecule has 0 bridgehead atoms. The number of hydrogen-bond donors (Lipinski definition) is 1. The van der Waals surface area contributed by atoms with Crippen LogP contribution in [0.25, 0.3) is 0 Å². The fourth-order valence-electron chi connectivity index (χ4n) is 2.48. The average Bonchev–Trinajstić information content (AvgIpc) is 2.29. The summed E-state index contributed by atoms with van der Waals surface area (Å²) in [6, 6.07) is 0. The van der Waals surface area contributed by atoms with Gasteiger partial charge in [0.1, 0.15) is 0 Å². The highest BCUT2D eigenvalue weighted by Crippen LogP contribution is 2.27. The van der Waals surface area contributed by atoms with Crippen molar-refractivity contribution in [2.24, 2.45) is 0 Å². The van der Waals surface area contributed by atoms with Gasteiger partial charge < -0.3 is 5.11 Å². The molecule has 0 aliphatic carbocycles. The summed E-state index contributed by atoms with van der Waals surface area (Å²) in [7, 11) is 0. The average molecular weight is 289 g/mol. The predicted octanol–water partition coefficient (Wildman–Crippen LogP) is 2.15. The zero-order valence-electron chi connectivity index (χ0n) is 11.5. The highest BCUT2D eigenvalue weighted by Gasteiger charge is 2.35. The number of aliphatic hydroxyl groups is 1. The number of nitrogens with zero attached hydrogens (tertiary/aromatic N) is 3. The van der Waals surface area contributed by atoms with Gasteiger partial charge in [0.05, 0.1) is 5.60 Å². The van der Waals surface area contributed by atoms with E-state index in [0.29, 0.717) is 24.3 Å². The van der Waals surface area contributed by atoms with Crippen molar-refractivity contribution in [2.45, 2.75) is 45.0 Å². The van der Waals surface area contributed by atoms with Crippen LogP contribution in [0, 0.1) is 6.92 Å². The van der Waals surface area contributed by atoms with Gasteiger partial charge in [-0.2, -0.15) is 13.2 Å². The largest absolute Gasteiger partial charge is 0.451 e. The lowest BCUT2D eigenvalue weighted by Gasteiger charge is -2.36. The zero-order valence-corrected chi connectivity index (χ0v) is 11.5. The molecule has 0 aromatic carbocycles. The molecule has 4 nitrogen and oxygen atoms in total. The number of piperidine rings is 1. The summed E-state index contributed by atoms with van der Waals surface area (Å²) in [5.41, 5.74) is 0.257. The van der Waals surface area contributed by atoms with Gasteiger partial charge in [0, 0.05) is 30.5 Å². The quantitative estimate of drug-likeness (QED) is 0.906. The third-order valence-corrected chi connectivity index (χ3v) is 3.48. The van der Waals surface area contributed by atoms with Gasteiger partial charge in [0.25, 0.3) is 0 Å². The third-order valence-electron chi connectivity index (χ3n) is 3.48. The Morgan fingerprint density at radius 2 is 2.15 bits per heavy atom. The molecule has 1 atom stereocenters. The Labute approximate surface area is 115 Å². The van der Waals surface area contributed by atoms with E-state index in [-0.39, 0.29) is 0 Å². The van der Waals surface area contributed by atoms with E-state index >= 15 is 0 Å². The van der Waals surface area contributed by atoms with Crippen molar-refractivity contribution in [3.05, 3.63) is 23.3 Å². The Hall–Kier alpha value is -1.21. The molecule has 1 aliphatic rings. The van der Waals surface area contributed by atoms with Gasteiger partial charge in [-0.1, -0.05) is 0 Å². The number of aromatic nitrogens is 2. The number of β-amino-alcohol motifs (C(OH)–C–C–N with tert-alkyl or cyclic N) is 1. The molecule has 1 N–H and O–H groups in total. The summed E-state index contributed by atoms with van der Waals surface area (Å²) < 4.78 is 37.5. The van der Waals surface area contributed by atoms with E-state index in [4.69, 9.17) is 0 Å². The standard InChI is InChI=1S/C13H18F3N3O/c1-9-10(6-17-11(18-9)13(14,15)16)7-19-5-3-4-12(2,20)8-19/h6,20H,3-5,7-8H2,1-2H3. The molecule has 2 rings (SSSR count). The summed E-state index contributed by atoms with van der Waals surface area (Å²) in [6.07, 6.45) is -1.67. The van der Waals surface area contributed by atoms with E-state index in [9.17, 15) is 18.3 Å². The first-order chi connectivity index (χ1) is 9.17. The maximum absolute atomic E-state index is 12.5. The van der Waals surface area contributed by atoms with Crippen LogP contribution >= 0.6 is 0 Å². The monoisotopic (exact) mass is 289 g/mol. The Morgan fingerprint density at radius 1 is 1.45 bits per heavy atom. The topological polar surface area (TPSA) is 49.2 Å². The molecule has 20 heavy (non-hydrogen) atoms. The van der Waals surface area contributed by atoms with Crippen molar-refractivity contribution < 1.29 is 18.3 Å². The molecular weight excluding hydrogens is 271 g/mol. The molecule has 1 aromatic rings. The first-order valence-corrected chi connectivity index (χ1v) is 6.52. The zero-order chi connectivity index (χ0) is 15.0. The minimum atomic E-state index is -4.52. The molecule has 7 heteroatoms. The van der Waals surface area contributed by atoms with E-state index < -0.39 is 17.6 Å². The fraction of sp³-hybridized carbons (Fsp3) is 0.692. The van der Waals surface area contributed by atoms with E-state index in [1.54, 1.807) is 13.8 Å². The molecule has 1 unspecified atom stereocenters. The van der Waals surface area contributed by atoms with Crippen LogP contribution in [0.1, 0.15) is 36.8 Å². The number of halogens is 3. The van der Waals surface area contributed by atoms with Crippen molar-refractivity contribution in [1.82, 2.24) is 14.9 Å². The molecule has 0 saturated carbocycles. The van der Waals surface area contributed by atoms with Gasteiger partial charge in [-0.3, -0.25) is 4.90 Å². The van der Waals surface area contributed by atoms with Crippen LogP contribution in [-0.4, -0.2) is 38.7 Å². The number of aryl methyl sites for hydroxylation is 1. The summed E-state index contributed by atoms with van der Waals surface area (Å²) in [5.74, 6) is -1.11. The Balaban J connectivity index is 2.10. The number of hydrogen-bond acceptors (Lipinski definition) is 4. The fourth-order valence-corrected chi connectivity index (χ4v) is 2.48. The molecular formula is C13H18F3N3O. The van der Waals surface area contributed by atoms with Crippen molar-refractivity contribution in [3.63, 3.8) is 0 Å². The third kappa shape index (κ3) is 3.67. The highest BCUT2D eigenvalue weighted by molar-refractivity contribution is 5.17. The second-order valence-corrected chi connectivity index (χ2v) is 5.61. The minimum Gasteiger partial charge on any atom is -0.389 e. The van der Waals surface area contributed by atoms with Gasteiger partial charge in [0.2, 0.25) is 5.82 Å². The van der Waals surface area contributed by atoms with Gasteiger partial charge in [0.15, 0.2) is 0 Å². The second-order valence-electron chi connectivity index (χ2n) is 5.61. The van der Waals surface area contributed by atoms with E-state index in [0.717, 1.165) is 19.4 Å². The molecule has 2 heterocycles. The lowest BCUT2D eigenvalue weighted by Crippen LogP contribution is -2.45. The summed E-state index contributed by atoms with van der Waals surface area (Å²) in [6.45, 7) is 5.10. The molecule has 112 valence electrons. The molecule has 0 amide bonds. The Kier molecular flexibility index (Phi) is 4.02. The van der Waals surface area contributed by atoms with Gasteiger partial charge >= 0.3 is 6.18 Å². The number of rotatable bonds is 2. The smallest absolute Gasteiger partial charge is 0.389 e. The predicted molar refractivity (Wildman–Crippen MR) is 66.9 cm³/mol. The second kappa shape index (κ2) is 5.29. The van der Waals surface area contributed by atoms with Crippen LogP contribution in [0.4, 0.5) is 13.2 Å².